The second-order valence-electron chi connectivity index (χ2n) is 5.27. The molecule has 17 heavy (non-hydrogen) atoms. The van der Waals surface area contributed by atoms with Gasteiger partial charge in [-0.05, 0) is 27.2 Å². The van der Waals surface area contributed by atoms with E-state index in [2.05, 4.69) is 0 Å². The summed E-state index contributed by atoms with van der Waals surface area (Å²) in [5.41, 5.74) is 4.61. The molecule has 0 radical (unpaired) electrons. The Bertz CT molecular complexity index is 311. The molecule has 1 fully saturated rings. The van der Waals surface area contributed by atoms with Crippen LogP contribution in [0.5, 0.6) is 0 Å². The van der Waals surface area contributed by atoms with Gasteiger partial charge < -0.3 is 15.6 Å². The first-order valence-electron chi connectivity index (χ1n) is 5.67. The summed E-state index contributed by atoms with van der Waals surface area (Å²) >= 11 is 0. The molecule has 1 heterocycles. The molecule has 1 aliphatic rings. The van der Waals surface area contributed by atoms with Crippen LogP contribution in [-0.4, -0.2) is 46.3 Å². The van der Waals surface area contributed by atoms with E-state index in [0.717, 1.165) is 0 Å². The average Bonchev–Trinajstić information content (AvgIpc) is 2.14. The van der Waals surface area contributed by atoms with Crippen molar-refractivity contribution in [1.82, 2.24) is 4.90 Å². The second kappa shape index (κ2) is 4.91. The van der Waals surface area contributed by atoms with Crippen molar-refractivity contribution in [1.29, 1.82) is 0 Å². The summed E-state index contributed by atoms with van der Waals surface area (Å²) in [6, 6.07) is -0.784. The molecule has 0 spiro atoms. The van der Waals surface area contributed by atoms with Gasteiger partial charge in [0.15, 0.2) is 0 Å². The highest BCUT2D eigenvalue weighted by Gasteiger charge is 2.36. The largest absolute Gasteiger partial charge is 0.444 e. The van der Waals surface area contributed by atoms with Crippen molar-refractivity contribution in [2.75, 3.05) is 6.54 Å². The van der Waals surface area contributed by atoms with Crippen LogP contribution in [-0.2, 0) is 9.53 Å². The Morgan fingerprint density at radius 1 is 1.41 bits per heavy atom. The molecule has 6 heteroatoms. The minimum atomic E-state index is -0.784. The topological polar surface area (TPSA) is 92.9 Å². The first-order valence-corrected chi connectivity index (χ1v) is 5.67. The quantitative estimate of drug-likeness (QED) is 0.690. The summed E-state index contributed by atoms with van der Waals surface area (Å²) in [6.07, 6.45) is -0.545. The van der Waals surface area contributed by atoms with E-state index in [4.69, 9.17) is 10.5 Å². The number of likely N-dealkylation sites (tertiary alicyclic amines) is 1. The fraction of sp³-hybridized carbons (Fsp3) is 0.818. The number of aliphatic hydroxyl groups excluding tert-OH is 1. The van der Waals surface area contributed by atoms with Crippen molar-refractivity contribution in [2.24, 2.45) is 5.73 Å². The summed E-state index contributed by atoms with van der Waals surface area (Å²) in [6.45, 7) is 5.54. The minimum Gasteiger partial charge on any atom is -0.444 e. The number of piperidine rings is 1. The molecule has 0 saturated carbocycles. The molecule has 2 unspecified atom stereocenters. The third kappa shape index (κ3) is 3.89. The molecule has 6 nitrogen and oxygen atoms in total. The van der Waals surface area contributed by atoms with E-state index in [0.29, 0.717) is 6.42 Å². The fourth-order valence-corrected chi connectivity index (χ4v) is 1.76. The van der Waals surface area contributed by atoms with Gasteiger partial charge >= 0.3 is 6.09 Å². The normalized spacial score (nSPS) is 25.5. The fourth-order valence-electron chi connectivity index (χ4n) is 1.76. The molecule has 3 N–H and O–H groups in total. The lowest BCUT2D eigenvalue weighted by Gasteiger charge is -2.36. The van der Waals surface area contributed by atoms with Gasteiger partial charge in [-0.3, -0.25) is 9.69 Å². The van der Waals surface area contributed by atoms with Crippen molar-refractivity contribution >= 4 is 12.0 Å². The Labute approximate surface area is 101 Å². The van der Waals surface area contributed by atoms with Crippen LogP contribution < -0.4 is 5.73 Å². The molecule has 0 bridgehead atoms. The Morgan fingerprint density at radius 2 is 2.00 bits per heavy atom. The van der Waals surface area contributed by atoms with E-state index in [1.165, 1.54) is 4.90 Å². The SMILES string of the molecule is CC(C)(C)OC(=O)N1CCC(O)CC1C(N)=O. The number of carbonyl (C=O) groups is 2. The predicted octanol–water partition coefficient (Wildman–Crippen LogP) is 0.232. The maximum atomic E-state index is 11.8. The highest BCUT2D eigenvalue weighted by atomic mass is 16.6. The third-order valence-corrected chi connectivity index (χ3v) is 2.53. The van der Waals surface area contributed by atoms with Gasteiger partial charge in [0.25, 0.3) is 0 Å². The lowest BCUT2D eigenvalue weighted by molar-refractivity contribution is -0.126. The summed E-state index contributed by atoms with van der Waals surface area (Å²) in [7, 11) is 0. The maximum Gasteiger partial charge on any atom is 0.410 e. The van der Waals surface area contributed by atoms with Gasteiger partial charge in [-0.1, -0.05) is 0 Å². The number of carbonyl (C=O) groups excluding carboxylic acids is 2. The van der Waals surface area contributed by atoms with Crippen molar-refractivity contribution in [2.45, 2.75) is 51.4 Å². The van der Waals surface area contributed by atoms with Crippen LogP contribution in [0.3, 0.4) is 0 Å². The summed E-state index contributed by atoms with van der Waals surface area (Å²) < 4.78 is 5.19. The number of aliphatic hydroxyl groups is 1. The van der Waals surface area contributed by atoms with Gasteiger partial charge in [-0.25, -0.2) is 4.79 Å². The van der Waals surface area contributed by atoms with Gasteiger partial charge in [0.1, 0.15) is 11.6 Å². The standard InChI is InChI=1S/C11H20N2O4/c1-11(2,3)17-10(16)13-5-4-7(14)6-8(13)9(12)15/h7-8,14H,4-6H2,1-3H3,(H2,12,15). The molecule has 98 valence electrons. The Morgan fingerprint density at radius 3 is 2.47 bits per heavy atom. The van der Waals surface area contributed by atoms with Crippen LogP contribution in [0.2, 0.25) is 0 Å². The number of amides is 2. The third-order valence-electron chi connectivity index (χ3n) is 2.53. The smallest absolute Gasteiger partial charge is 0.410 e. The first-order chi connectivity index (χ1) is 7.70. The van der Waals surface area contributed by atoms with Crippen LogP contribution in [0, 0.1) is 0 Å². The highest BCUT2D eigenvalue weighted by Crippen LogP contribution is 2.20. The lowest BCUT2D eigenvalue weighted by atomic mass is 9.99. The van der Waals surface area contributed by atoms with Crippen LogP contribution >= 0.6 is 0 Å². The molecule has 0 aromatic heterocycles. The zero-order valence-corrected chi connectivity index (χ0v) is 10.5. The highest BCUT2D eigenvalue weighted by molar-refractivity contribution is 5.84. The summed E-state index contributed by atoms with van der Waals surface area (Å²) in [5.74, 6) is -0.616. The maximum absolute atomic E-state index is 11.8. The van der Waals surface area contributed by atoms with E-state index in [1.54, 1.807) is 20.8 Å². The Balaban J connectivity index is 2.73. The number of nitrogens with two attached hydrogens (primary N) is 1. The van der Waals surface area contributed by atoms with Crippen LogP contribution in [0.25, 0.3) is 0 Å². The zero-order valence-electron chi connectivity index (χ0n) is 10.5. The second-order valence-corrected chi connectivity index (χ2v) is 5.27. The van der Waals surface area contributed by atoms with Crippen molar-refractivity contribution in [3.05, 3.63) is 0 Å². The molecule has 0 aliphatic carbocycles. The number of primary amides is 1. The van der Waals surface area contributed by atoms with E-state index in [-0.39, 0.29) is 13.0 Å². The molecular formula is C11H20N2O4. The predicted molar refractivity (Wildman–Crippen MR) is 61.2 cm³/mol. The van der Waals surface area contributed by atoms with Crippen LogP contribution in [0.1, 0.15) is 33.6 Å². The van der Waals surface area contributed by atoms with Gasteiger partial charge in [0.05, 0.1) is 6.10 Å². The number of ether oxygens (including phenoxy) is 1. The molecule has 0 aromatic rings. The minimum absolute atomic E-state index is 0.175. The van der Waals surface area contributed by atoms with E-state index >= 15 is 0 Å². The number of rotatable bonds is 1. The number of nitrogens with zero attached hydrogens (tertiary/aromatic N) is 1. The molecule has 1 rings (SSSR count). The molecule has 2 atom stereocenters. The van der Waals surface area contributed by atoms with Gasteiger partial charge in [-0.15, -0.1) is 0 Å². The van der Waals surface area contributed by atoms with Crippen LogP contribution in [0.15, 0.2) is 0 Å². The van der Waals surface area contributed by atoms with E-state index < -0.39 is 29.7 Å². The van der Waals surface area contributed by atoms with E-state index in [9.17, 15) is 14.7 Å². The Kier molecular flexibility index (Phi) is 3.98. The Hall–Kier alpha value is -1.30. The van der Waals surface area contributed by atoms with Gasteiger partial charge in [-0.2, -0.15) is 0 Å². The van der Waals surface area contributed by atoms with Crippen molar-refractivity contribution < 1.29 is 19.4 Å². The van der Waals surface area contributed by atoms with E-state index in [1.807, 2.05) is 0 Å². The summed E-state index contributed by atoms with van der Waals surface area (Å²) in [4.78, 5) is 24.4. The van der Waals surface area contributed by atoms with Crippen molar-refractivity contribution in [3.63, 3.8) is 0 Å². The average molecular weight is 244 g/mol. The number of hydrogen-bond acceptors (Lipinski definition) is 4. The molecule has 0 aromatic carbocycles. The van der Waals surface area contributed by atoms with Crippen LogP contribution in [0.4, 0.5) is 4.79 Å². The lowest BCUT2D eigenvalue weighted by Crippen LogP contribution is -2.54. The molecule has 1 saturated heterocycles. The van der Waals surface area contributed by atoms with Gasteiger partial charge in [0.2, 0.25) is 5.91 Å². The monoisotopic (exact) mass is 244 g/mol. The molecular weight excluding hydrogens is 224 g/mol. The van der Waals surface area contributed by atoms with Crippen molar-refractivity contribution in [3.8, 4) is 0 Å². The number of hydrogen-bond donors (Lipinski definition) is 2. The summed E-state index contributed by atoms with van der Waals surface area (Å²) in [5, 5.41) is 9.47. The zero-order chi connectivity index (χ0) is 13.2. The molecule has 2 amide bonds. The first kappa shape index (κ1) is 13.8. The molecule has 1 aliphatic heterocycles. The van der Waals surface area contributed by atoms with Gasteiger partial charge in [0, 0.05) is 13.0 Å².